The summed E-state index contributed by atoms with van der Waals surface area (Å²) in [7, 11) is 0. The van der Waals surface area contributed by atoms with Crippen molar-refractivity contribution in [2.75, 3.05) is 6.54 Å². The molecule has 102 valence electrons. The zero-order valence-corrected chi connectivity index (χ0v) is 11.0. The monoisotopic (exact) mass is 260 g/mol. The van der Waals surface area contributed by atoms with E-state index in [2.05, 4.69) is 16.6 Å². The van der Waals surface area contributed by atoms with Crippen molar-refractivity contribution in [3.8, 4) is 0 Å². The molecule has 0 spiro atoms. The fourth-order valence-corrected chi connectivity index (χ4v) is 3.74. The van der Waals surface area contributed by atoms with E-state index in [1.165, 1.54) is 12.8 Å². The summed E-state index contributed by atoms with van der Waals surface area (Å²) in [5, 5.41) is 4.17. The average molecular weight is 260 g/mol. The molecule has 5 nitrogen and oxygen atoms in total. The molecule has 1 aromatic rings. The minimum Gasteiger partial charge on any atom is -0.368 e. The third kappa shape index (κ3) is 2.18. The fraction of sp³-hybridized carbons (Fsp3) is 0.571. The maximum Gasteiger partial charge on any atom is 0.235 e. The number of primary amides is 1. The Balaban J connectivity index is 1.76. The molecule has 3 rings (SSSR count). The second-order valence-electron chi connectivity index (χ2n) is 5.64. The van der Waals surface area contributed by atoms with E-state index in [1.54, 1.807) is 10.9 Å². The molecule has 1 aliphatic heterocycles. The Morgan fingerprint density at radius 2 is 2.42 bits per heavy atom. The first-order chi connectivity index (χ1) is 9.19. The summed E-state index contributed by atoms with van der Waals surface area (Å²) in [6.07, 6.45) is 9.04. The van der Waals surface area contributed by atoms with Gasteiger partial charge in [0.05, 0.1) is 12.2 Å². The highest BCUT2D eigenvalue weighted by Gasteiger charge is 2.46. The number of carbonyl (C=O) groups is 1. The number of hydrogen-bond donors (Lipinski definition) is 1. The van der Waals surface area contributed by atoms with Crippen molar-refractivity contribution in [1.29, 1.82) is 0 Å². The maximum atomic E-state index is 11.7. The number of fused-ring (bicyclic) bond motifs is 1. The van der Waals surface area contributed by atoms with Crippen LogP contribution in [0.2, 0.25) is 0 Å². The average Bonchev–Trinajstić information content (AvgIpc) is 3.03. The molecule has 1 aliphatic carbocycles. The van der Waals surface area contributed by atoms with E-state index < -0.39 is 0 Å². The van der Waals surface area contributed by atoms with Crippen molar-refractivity contribution in [2.45, 2.75) is 31.8 Å². The van der Waals surface area contributed by atoms with Crippen molar-refractivity contribution in [2.24, 2.45) is 17.6 Å². The number of nitrogens with zero attached hydrogens (tertiary/aromatic N) is 3. The van der Waals surface area contributed by atoms with Gasteiger partial charge in [0.1, 0.15) is 0 Å². The van der Waals surface area contributed by atoms with Crippen molar-refractivity contribution < 1.29 is 4.79 Å². The lowest BCUT2D eigenvalue weighted by atomic mass is 9.94. The van der Waals surface area contributed by atoms with E-state index in [-0.39, 0.29) is 11.9 Å². The topological polar surface area (TPSA) is 64.2 Å². The van der Waals surface area contributed by atoms with Crippen molar-refractivity contribution >= 4 is 12.1 Å². The largest absolute Gasteiger partial charge is 0.368 e. The summed E-state index contributed by atoms with van der Waals surface area (Å²) in [5.41, 5.74) is 6.71. The second-order valence-corrected chi connectivity index (χ2v) is 5.64. The van der Waals surface area contributed by atoms with Crippen LogP contribution < -0.4 is 5.73 Å². The Morgan fingerprint density at radius 3 is 3.11 bits per heavy atom. The number of rotatable bonds is 4. The van der Waals surface area contributed by atoms with Gasteiger partial charge < -0.3 is 5.73 Å². The van der Waals surface area contributed by atoms with Crippen LogP contribution in [0.4, 0.5) is 0 Å². The first kappa shape index (κ1) is 12.4. The molecule has 2 fully saturated rings. The summed E-state index contributed by atoms with van der Waals surface area (Å²) in [6, 6.07) is -0.0976. The Labute approximate surface area is 113 Å². The predicted molar refractivity (Wildman–Crippen MR) is 72.8 cm³/mol. The van der Waals surface area contributed by atoms with Crippen LogP contribution in [-0.2, 0) is 11.3 Å². The first-order valence-corrected chi connectivity index (χ1v) is 6.88. The molecular formula is C14H20N4O. The summed E-state index contributed by atoms with van der Waals surface area (Å²) in [4.78, 5) is 14.0. The Bertz CT molecular complexity index is 495. The zero-order chi connectivity index (χ0) is 13.4. The third-order valence-corrected chi connectivity index (χ3v) is 4.51. The summed E-state index contributed by atoms with van der Waals surface area (Å²) in [6.45, 7) is 5.41. The highest BCUT2D eigenvalue weighted by molar-refractivity contribution is 5.80. The van der Waals surface area contributed by atoms with E-state index in [1.807, 2.05) is 12.4 Å². The Hall–Kier alpha value is -1.62. The number of likely N-dealkylation sites (tertiary alicyclic amines) is 1. The highest BCUT2D eigenvalue weighted by atomic mass is 16.1. The second kappa shape index (κ2) is 4.81. The first-order valence-electron chi connectivity index (χ1n) is 6.88. The van der Waals surface area contributed by atoms with Gasteiger partial charge >= 0.3 is 0 Å². The van der Waals surface area contributed by atoms with Crippen LogP contribution in [0, 0.1) is 11.8 Å². The SMILES string of the molecule is C=Cn1cc(CN2CC3CCCC3C2C(N)=O)cn1. The molecule has 1 amide bonds. The molecule has 3 atom stereocenters. The molecule has 1 saturated heterocycles. The van der Waals surface area contributed by atoms with Crippen molar-refractivity contribution in [3.63, 3.8) is 0 Å². The number of amides is 1. The lowest BCUT2D eigenvalue weighted by Gasteiger charge is -2.24. The normalized spacial score (nSPS) is 30.4. The van der Waals surface area contributed by atoms with E-state index in [9.17, 15) is 4.79 Å². The van der Waals surface area contributed by atoms with Gasteiger partial charge in [0.2, 0.25) is 5.91 Å². The van der Waals surface area contributed by atoms with Gasteiger partial charge in [-0.2, -0.15) is 5.10 Å². The summed E-state index contributed by atoms with van der Waals surface area (Å²) >= 11 is 0. The van der Waals surface area contributed by atoms with E-state index in [0.717, 1.165) is 25.1 Å². The molecule has 1 aromatic heterocycles. The van der Waals surface area contributed by atoms with Crippen LogP contribution in [0.25, 0.3) is 6.20 Å². The van der Waals surface area contributed by atoms with Gasteiger partial charge in [-0.15, -0.1) is 0 Å². The smallest absolute Gasteiger partial charge is 0.235 e. The van der Waals surface area contributed by atoms with Gasteiger partial charge in [-0.1, -0.05) is 13.0 Å². The molecule has 2 aliphatic rings. The van der Waals surface area contributed by atoms with Gasteiger partial charge in [0.25, 0.3) is 0 Å². The van der Waals surface area contributed by atoms with Crippen LogP contribution in [0.15, 0.2) is 19.0 Å². The molecular weight excluding hydrogens is 240 g/mol. The van der Waals surface area contributed by atoms with Gasteiger partial charge in [0.15, 0.2) is 0 Å². The van der Waals surface area contributed by atoms with Crippen LogP contribution in [0.3, 0.4) is 0 Å². The minimum absolute atomic E-state index is 0.0976. The molecule has 3 unspecified atom stereocenters. The lowest BCUT2D eigenvalue weighted by Crippen LogP contribution is -2.43. The fourth-order valence-electron chi connectivity index (χ4n) is 3.74. The van der Waals surface area contributed by atoms with E-state index in [4.69, 9.17) is 5.73 Å². The number of hydrogen-bond acceptors (Lipinski definition) is 3. The van der Waals surface area contributed by atoms with Crippen LogP contribution >= 0.6 is 0 Å². The number of aromatic nitrogens is 2. The molecule has 2 heterocycles. The van der Waals surface area contributed by atoms with E-state index >= 15 is 0 Å². The van der Waals surface area contributed by atoms with Gasteiger partial charge in [-0.3, -0.25) is 9.69 Å². The Kier molecular flexibility index (Phi) is 3.14. The molecule has 0 bridgehead atoms. The third-order valence-electron chi connectivity index (χ3n) is 4.51. The molecule has 0 radical (unpaired) electrons. The molecule has 19 heavy (non-hydrogen) atoms. The number of carbonyl (C=O) groups excluding carboxylic acids is 1. The molecule has 2 N–H and O–H groups in total. The predicted octanol–water partition coefficient (Wildman–Crippen LogP) is 1.07. The molecule has 0 aromatic carbocycles. The van der Waals surface area contributed by atoms with Gasteiger partial charge in [0, 0.05) is 31.0 Å². The van der Waals surface area contributed by atoms with Gasteiger partial charge in [-0.25, -0.2) is 4.68 Å². The quantitative estimate of drug-likeness (QED) is 0.880. The highest BCUT2D eigenvalue weighted by Crippen LogP contribution is 2.42. The van der Waals surface area contributed by atoms with Crippen LogP contribution in [0.5, 0.6) is 0 Å². The van der Waals surface area contributed by atoms with Crippen LogP contribution in [-0.4, -0.2) is 33.2 Å². The maximum absolute atomic E-state index is 11.7. The van der Waals surface area contributed by atoms with Gasteiger partial charge in [-0.05, 0) is 24.7 Å². The van der Waals surface area contributed by atoms with E-state index in [0.29, 0.717) is 11.8 Å². The molecule has 1 saturated carbocycles. The summed E-state index contributed by atoms with van der Waals surface area (Å²) in [5.74, 6) is 0.935. The standard InChI is InChI=1S/C14H20N4O/c1-2-18-8-10(6-16-18)7-17-9-11-4-3-5-12(11)13(17)14(15)19/h2,6,8,11-13H,1,3-5,7,9H2,(H2,15,19). The number of nitrogens with two attached hydrogens (primary N) is 1. The van der Waals surface area contributed by atoms with Crippen LogP contribution in [0.1, 0.15) is 24.8 Å². The Morgan fingerprint density at radius 1 is 1.58 bits per heavy atom. The minimum atomic E-state index is -0.175. The van der Waals surface area contributed by atoms with Crippen molar-refractivity contribution in [3.05, 3.63) is 24.5 Å². The van der Waals surface area contributed by atoms with Crippen molar-refractivity contribution in [1.82, 2.24) is 14.7 Å². The molecule has 5 heteroatoms. The summed E-state index contributed by atoms with van der Waals surface area (Å²) < 4.78 is 1.69. The lowest BCUT2D eigenvalue weighted by molar-refractivity contribution is -0.123. The zero-order valence-electron chi connectivity index (χ0n) is 11.0.